The lowest BCUT2D eigenvalue weighted by atomic mass is 10.1. The van der Waals surface area contributed by atoms with E-state index in [1.165, 1.54) is 0 Å². The van der Waals surface area contributed by atoms with Crippen LogP contribution in [-0.4, -0.2) is 17.0 Å². The number of hydrogen-bond acceptors (Lipinski definition) is 5. The number of anilines is 1. The third-order valence-corrected chi connectivity index (χ3v) is 3.70. The minimum absolute atomic E-state index is 0.00364. The number of benzene rings is 2. The summed E-state index contributed by atoms with van der Waals surface area (Å²) in [6.45, 7) is 3.67. The van der Waals surface area contributed by atoms with Gasteiger partial charge in [0.25, 0.3) is 5.91 Å². The summed E-state index contributed by atoms with van der Waals surface area (Å²) in [5.41, 5.74) is 2.69. The molecule has 0 saturated heterocycles. The topological polar surface area (TPSA) is 81.4 Å². The fourth-order valence-corrected chi connectivity index (χ4v) is 2.45. The van der Waals surface area contributed by atoms with E-state index in [0.717, 1.165) is 5.56 Å². The lowest BCUT2D eigenvalue weighted by molar-refractivity contribution is 0.0465. The monoisotopic (exact) mass is 350 g/mol. The van der Waals surface area contributed by atoms with Gasteiger partial charge in [0, 0.05) is 11.6 Å². The van der Waals surface area contributed by atoms with Crippen LogP contribution in [0.4, 0.5) is 5.69 Å². The molecular weight excluding hydrogens is 332 g/mol. The summed E-state index contributed by atoms with van der Waals surface area (Å²) in [5.74, 6) is -0.200. The molecule has 0 bridgehead atoms. The van der Waals surface area contributed by atoms with Gasteiger partial charge in [0.05, 0.1) is 11.3 Å². The van der Waals surface area contributed by atoms with Gasteiger partial charge in [-0.1, -0.05) is 35.0 Å². The lowest BCUT2D eigenvalue weighted by Crippen LogP contribution is -2.16. The van der Waals surface area contributed by atoms with E-state index in [-0.39, 0.29) is 18.1 Å². The van der Waals surface area contributed by atoms with E-state index in [1.807, 2.05) is 19.1 Å². The molecule has 26 heavy (non-hydrogen) atoms. The highest BCUT2D eigenvalue weighted by Gasteiger charge is 2.16. The van der Waals surface area contributed by atoms with Crippen LogP contribution >= 0.6 is 0 Å². The van der Waals surface area contributed by atoms with Crippen LogP contribution < -0.4 is 5.32 Å². The van der Waals surface area contributed by atoms with E-state index in [0.29, 0.717) is 22.7 Å². The van der Waals surface area contributed by atoms with Crippen LogP contribution in [0.1, 0.15) is 37.7 Å². The lowest BCUT2D eigenvalue weighted by Gasteiger charge is -2.11. The predicted octanol–water partition coefficient (Wildman–Crippen LogP) is 3.90. The Kier molecular flexibility index (Phi) is 5.12. The summed E-state index contributed by atoms with van der Waals surface area (Å²) in [6, 6.07) is 15.6. The van der Waals surface area contributed by atoms with E-state index in [2.05, 4.69) is 10.5 Å². The van der Waals surface area contributed by atoms with Gasteiger partial charge in [-0.15, -0.1) is 0 Å². The predicted molar refractivity (Wildman–Crippen MR) is 95.9 cm³/mol. The molecule has 1 amide bonds. The van der Waals surface area contributed by atoms with Gasteiger partial charge in [-0.25, -0.2) is 4.79 Å². The van der Waals surface area contributed by atoms with Crippen LogP contribution in [0.3, 0.4) is 0 Å². The fraction of sp³-hybridized carbons (Fsp3) is 0.150. The number of rotatable bonds is 5. The van der Waals surface area contributed by atoms with Crippen molar-refractivity contribution in [2.75, 3.05) is 5.32 Å². The average Bonchev–Trinajstić information content (AvgIpc) is 3.05. The Balaban J connectivity index is 1.73. The molecule has 1 N–H and O–H groups in total. The van der Waals surface area contributed by atoms with E-state index in [4.69, 9.17) is 9.26 Å². The molecule has 0 aliphatic heterocycles. The smallest absolute Gasteiger partial charge is 0.340 e. The Morgan fingerprint density at radius 2 is 1.88 bits per heavy atom. The SMILES string of the molecule is Cc1cccc(C(=O)Nc2ccccc2C(=O)OCc2cc(C)on2)c1. The molecular formula is C20H18N2O4. The van der Waals surface area contributed by atoms with Crippen molar-refractivity contribution in [3.05, 3.63) is 82.7 Å². The van der Waals surface area contributed by atoms with Crippen LogP contribution in [0.25, 0.3) is 0 Å². The van der Waals surface area contributed by atoms with Crippen molar-refractivity contribution in [1.82, 2.24) is 5.16 Å². The molecule has 0 saturated carbocycles. The van der Waals surface area contributed by atoms with E-state index < -0.39 is 5.97 Å². The maximum atomic E-state index is 12.4. The molecule has 3 aromatic rings. The van der Waals surface area contributed by atoms with Crippen molar-refractivity contribution in [1.29, 1.82) is 0 Å². The van der Waals surface area contributed by atoms with Crippen LogP contribution in [0.15, 0.2) is 59.1 Å². The number of hydrogen-bond donors (Lipinski definition) is 1. The molecule has 0 aliphatic rings. The molecule has 3 rings (SSSR count). The minimum atomic E-state index is -0.550. The second-order valence-corrected chi connectivity index (χ2v) is 5.87. The number of carbonyl (C=O) groups is 2. The van der Waals surface area contributed by atoms with E-state index in [9.17, 15) is 9.59 Å². The van der Waals surface area contributed by atoms with Gasteiger partial charge in [-0.3, -0.25) is 4.79 Å². The van der Waals surface area contributed by atoms with Crippen molar-refractivity contribution in [2.24, 2.45) is 0 Å². The number of aromatic nitrogens is 1. The summed E-state index contributed by atoms with van der Waals surface area (Å²) < 4.78 is 10.2. The fourth-order valence-electron chi connectivity index (χ4n) is 2.45. The summed E-state index contributed by atoms with van der Waals surface area (Å²) in [6.07, 6.45) is 0. The van der Waals surface area contributed by atoms with Crippen LogP contribution in [-0.2, 0) is 11.3 Å². The number of nitrogens with zero attached hydrogens (tertiary/aromatic N) is 1. The van der Waals surface area contributed by atoms with Gasteiger partial charge in [0.1, 0.15) is 18.1 Å². The Bertz CT molecular complexity index is 946. The standard InChI is InChI=1S/C20H18N2O4/c1-13-6-5-7-15(10-13)19(23)21-18-9-4-3-8-17(18)20(24)25-12-16-11-14(2)26-22-16/h3-11H,12H2,1-2H3,(H,21,23). The maximum Gasteiger partial charge on any atom is 0.340 e. The van der Waals surface area contributed by atoms with Crippen molar-refractivity contribution in [3.63, 3.8) is 0 Å². The first-order chi connectivity index (χ1) is 12.5. The largest absolute Gasteiger partial charge is 0.455 e. The highest BCUT2D eigenvalue weighted by molar-refractivity contribution is 6.08. The molecule has 6 nitrogen and oxygen atoms in total. The van der Waals surface area contributed by atoms with Gasteiger partial charge >= 0.3 is 5.97 Å². The number of ether oxygens (including phenoxy) is 1. The summed E-state index contributed by atoms with van der Waals surface area (Å²) >= 11 is 0. The maximum absolute atomic E-state index is 12.4. The van der Waals surface area contributed by atoms with Gasteiger partial charge in [0.2, 0.25) is 0 Å². The minimum Gasteiger partial charge on any atom is -0.455 e. The second-order valence-electron chi connectivity index (χ2n) is 5.87. The molecule has 132 valence electrons. The number of para-hydroxylation sites is 1. The summed E-state index contributed by atoms with van der Waals surface area (Å²) in [5, 5.41) is 6.54. The molecule has 1 heterocycles. The van der Waals surface area contributed by atoms with Crippen molar-refractivity contribution < 1.29 is 18.8 Å². The Morgan fingerprint density at radius 1 is 1.08 bits per heavy atom. The molecule has 0 fully saturated rings. The van der Waals surface area contributed by atoms with Crippen molar-refractivity contribution >= 4 is 17.6 Å². The number of esters is 1. The summed E-state index contributed by atoms with van der Waals surface area (Å²) in [7, 11) is 0. The van der Waals surface area contributed by atoms with Crippen LogP contribution in [0.2, 0.25) is 0 Å². The van der Waals surface area contributed by atoms with Crippen LogP contribution in [0, 0.1) is 13.8 Å². The first kappa shape index (κ1) is 17.4. The zero-order chi connectivity index (χ0) is 18.5. The molecule has 6 heteroatoms. The molecule has 2 aromatic carbocycles. The molecule has 0 aliphatic carbocycles. The first-order valence-corrected chi connectivity index (χ1v) is 8.09. The molecule has 1 aromatic heterocycles. The quantitative estimate of drug-likeness (QED) is 0.706. The third kappa shape index (κ3) is 4.16. The molecule has 0 spiro atoms. The normalized spacial score (nSPS) is 10.4. The average molecular weight is 350 g/mol. The molecule has 0 radical (unpaired) electrons. The van der Waals surface area contributed by atoms with Gasteiger partial charge in [-0.05, 0) is 38.1 Å². The second kappa shape index (κ2) is 7.65. The number of amides is 1. The van der Waals surface area contributed by atoms with Gasteiger partial charge in [-0.2, -0.15) is 0 Å². The molecule has 0 unspecified atom stereocenters. The third-order valence-electron chi connectivity index (χ3n) is 3.70. The van der Waals surface area contributed by atoms with E-state index >= 15 is 0 Å². The number of carbonyl (C=O) groups excluding carboxylic acids is 2. The van der Waals surface area contributed by atoms with Gasteiger partial charge in [0.15, 0.2) is 0 Å². The summed E-state index contributed by atoms with van der Waals surface area (Å²) in [4.78, 5) is 24.8. The number of nitrogens with one attached hydrogen (secondary N) is 1. The van der Waals surface area contributed by atoms with E-state index in [1.54, 1.807) is 49.4 Å². The first-order valence-electron chi connectivity index (χ1n) is 8.09. The number of aryl methyl sites for hydroxylation is 2. The Morgan fingerprint density at radius 3 is 2.62 bits per heavy atom. The highest BCUT2D eigenvalue weighted by Crippen LogP contribution is 2.18. The van der Waals surface area contributed by atoms with Crippen molar-refractivity contribution in [2.45, 2.75) is 20.5 Å². The Labute approximate surface area is 150 Å². The Hall–Kier alpha value is -3.41. The van der Waals surface area contributed by atoms with Crippen molar-refractivity contribution in [3.8, 4) is 0 Å². The highest BCUT2D eigenvalue weighted by atomic mass is 16.5. The van der Waals surface area contributed by atoms with Gasteiger partial charge < -0.3 is 14.6 Å². The zero-order valence-electron chi connectivity index (χ0n) is 14.5. The zero-order valence-corrected chi connectivity index (χ0v) is 14.5. The molecule has 0 atom stereocenters. The van der Waals surface area contributed by atoms with Crippen LogP contribution in [0.5, 0.6) is 0 Å².